The standard InChI is InChI=1S/C13H20ClN3O3/c1-8(2)7-17(6-5-10(18)19)13(20)12-11(14)9(3)16(4)15-12/h8H,5-7H2,1-4H3,(H,18,19). The lowest BCUT2D eigenvalue weighted by Gasteiger charge is -2.23. The zero-order valence-electron chi connectivity index (χ0n) is 12.2. The van der Waals surface area contributed by atoms with Crippen molar-refractivity contribution in [1.29, 1.82) is 0 Å². The van der Waals surface area contributed by atoms with E-state index in [0.29, 0.717) is 17.3 Å². The smallest absolute Gasteiger partial charge is 0.305 e. The van der Waals surface area contributed by atoms with Gasteiger partial charge in [-0.05, 0) is 12.8 Å². The van der Waals surface area contributed by atoms with E-state index in [1.807, 2.05) is 13.8 Å². The normalized spacial score (nSPS) is 10.9. The SMILES string of the molecule is Cc1c(Cl)c(C(=O)N(CCC(=O)O)CC(C)C)nn1C. The third-order valence-corrected chi connectivity index (χ3v) is 3.38. The largest absolute Gasteiger partial charge is 0.481 e. The summed E-state index contributed by atoms with van der Waals surface area (Å²) in [6, 6.07) is 0. The zero-order valence-corrected chi connectivity index (χ0v) is 12.9. The van der Waals surface area contributed by atoms with Gasteiger partial charge in [-0.15, -0.1) is 0 Å². The third kappa shape index (κ3) is 3.96. The first-order valence-electron chi connectivity index (χ1n) is 6.44. The second-order valence-electron chi connectivity index (χ2n) is 5.16. The molecule has 20 heavy (non-hydrogen) atoms. The van der Waals surface area contributed by atoms with Crippen molar-refractivity contribution < 1.29 is 14.7 Å². The van der Waals surface area contributed by atoms with Crippen molar-refractivity contribution in [2.24, 2.45) is 13.0 Å². The number of carboxylic acids is 1. The second-order valence-corrected chi connectivity index (χ2v) is 5.54. The van der Waals surface area contributed by atoms with Crippen LogP contribution in [0.2, 0.25) is 5.02 Å². The lowest BCUT2D eigenvalue weighted by molar-refractivity contribution is -0.137. The number of halogens is 1. The Morgan fingerprint density at radius 1 is 1.45 bits per heavy atom. The molecule has 0 saturated carbocycles. The molecule has 0 radical (unpaired) electrons. The van der Waals surface area contributed by atoms with Crippen LogP contribution < -0.4 is 0 Å². The summed E-state index contributed by atoms with van der Waals surface area (Å²) in [6.07, 6.45) is -0.0953. The van der Waals surface area contributed by atoms with Gasteiger partial charge in [-0.1, -0.05) is 25.4 Å². The topological polar surface area (TPSA) is 75.4 Å². The summed E-state index contributed by atoms with van der Waals surface area (Å²) in [7, 11) is 1.71. The van der Waals surface area contributed by atoms with E-state index in [1.54, 1.807) is 18.7 Å². The number of aliphatic carboxylic acids is 1. The Balaban J connectivity index is 2.96. The quantitative estimate of drug-likeness (QED) is 0.871. The molecule has 1 aromatic rings. The molecule has 7 heteroatoms. The predicted octanol–water partition coefficient (Wildman–Crippen LogP) is 1.95. The molecule has 1 rings (SSSR count). The van der Waals surface area contributed by atoms with Crippen molar-refractivity contribution >= 4 is 23.5 Å². The molecule has 0 aromatic carbocycles. The van der Waals surface area contributed by atoms with Crippen molar-refractivity contribution in [3.63, 3.8) is 0 Å². The van der Waals surface area contributed by atoms with E-state index in [2.05, 4.69) is 5.10 Å². The number of carbonyl (C=O) groups is 2. The van der Waals surface area contributed by atoms with E-state index in [-0.39, 0.29) is 30.5 Å². The Morgan fingerprint density at radius 3 is 2.45 bits per heavy atom. The summed E-state index contributed by atoms with van der Waals surface area (Å²) in [5.41, 5.74) is 0.885. The van der Waals surface area contributed by atoms with Crippen molar-refractivity contribution in [3.05, 3.63) is 16.4 Å². The molecule has 1 N–H and O–H groups in total. The minimum atomic E-state index is -0.935. The zero-order chi connectivity index (χ0) is 15.4. The molecule has 1 heterocycles. The van der Waals surface area contributed by atoms with Crippen molar-refractivity contribution in [1.82, 2.24) is 14.7 Å². The van der Waals surface area contributed by atoms with Gasteiger partial charge >= 0.3 is 5.97 Å². The van der Waals surface area contributed by atoms with Gasteiger partial charge in [0.05, 0.1) is 17.1 Å². The van der Waals surface area contributed by atoms with Gasteiger partial charge in [-0.3, -0.25) is 14.3 Å². The number of carboxylic acid groups (broad SMARTS) is 1. The van der Waals surface area contributed by atoms with Crippen LogP contribution >= 0.6 is 11.6 Å². The highest BCUT2D eigenvalue weighted by Crippen LogP contribution is 2.21. The highest BCUT2D eigenvalue weighted by molar-refractivity contribution is 6.34. The minimum Gasteiger partial charge on any atom is -0.481 e. The first-order chi connectivity index (χ1) is 9.23. The number of aromatic nitrogens is 2. The molecule has 0 aliphatic rings. The van der Waals surface area contributed by atoms with Gasteiger partial charge in [0.1, 0.15) is 0 Å². The highest BCUT2D eigenvalue weighted by atomic mass is 35.5. The van der Waals surface area contributed by atoms with Gasteiger partial charge < -0.3 is 10.0 Å². The number of rotatable bonds is 6. The highest BCUT2D eigenvalue weighted by Gasteiger charge is 2.24. The fourth-order valence-corrected chi connectivity index (χ4v) is 2.06. The van der Waals surface area contributed by atoms with E-state index in [9.17, 15) is 9.59 Å². The average molecular weight is 302 g/mol. The molecule has 0 aliphatic heterocycles. The molecule has 6 nitrogen and oxygen atoms in total. The molecule has 0 bridgehead atoms. The van der Waals surface area contributed by atoms with E-state index < -0.39 is 5.97 Å². The van der Waals surface area contributed by atoms with Gasteiger partial charge in [-0.25, -0.2) is 0 Å². The molecule has 1 amide bonds. The van der Waals surface area contributed by atoms with Crippen molar-refractivity contribution in [2.75, 3.05) is 13.1 Å². The van der Waals surface area contributed by atoms with Crippen LogP contribution in [-0.4, -0.2) is 44.8 Å². The second kappa shape index (κ2) is 6.74. The van der Waals surface area contributed by atoms with Gasteiger partial charge in [0.25, 0.3) is 5.91 Å². The molecular formula is C13H20ClN3O3. The summed E-state index contributed by atoms with van der Waals surface area (Å²) in [5.74, 6) is -1.03. The Labute approximate surface area is 123 Å². The van der Waals surface area contributed by atoms with Gasteiger partial charge in [0.2, 0.25) is 0 Å². The maximum absolute atomic E-state index is 12.5. The van der Waals surface area contributed by atoms with Crippen molar-refractivity contribution in [3.8, 4) is 0 Å². The Morgan fingerprint density at radius 2 is 2.05 bits per heavy atom. The number of hydrogen-bond donors (Lipinski definition) is 1. The van der Waals surface area contributed by atoms with Crippen molar-refractivity contribution in [2.45, 2.75) is 27.2 Å². The lowest BCUT2D eigenvalue weighted by Crippen LogP contribution is -2.36. The predicted molar refractivity (Wildman–Crippen MR) is 75.9 cm³/mol. The van der Waals surface area contributed by atoms with Crippen LogP contribution in [0, 0.1) is 12.8 Å². The maximum atomic E-state index is 12.5. The number of hydrogen-bond acceptors (Lipinski definition) is 3. The van der Waals surface area contributed by atoms with E-state index in [1.165, 1.54) is 4.90 Å². The van der Waals surface area contributed by atoms with Crippen LogP contribution in [0.5, 0.6) is 0 Å². The van der Waals surface area contributed by atoms with Crippen LogP contribution in [0.15, 0.2) is 0 Å². The molecule has 0 spiro atoms. The lowest BCUT2D eigenvalue weighted by atomic mass is 10.2. The number of carbonyl (C=O) groups excluding carboxylic acids is 1. The van der Waals surface area contributed by atoms with E-state index >= 15 is 0 Å². The summed E-state index contributed by atoms with van der Waals surface area (Å²) >= 11 is 6.11. The molecule has 1 aromatic heterocycles. The van der Waals surface area contributed by atoms with Crippen LogP contribution in [-0.2, 0) is 11.8 Å². The average Bonchev–Trinajstić information content (AvgIpc) is 2.61. The fraction of sp³-hybridized carbons (Fsp3) is 0.615. The third-order valence-electron chi connectivity index (χ3n) is 2.93. The molecule has 0 unspecified atom stereocenters. The molecule has 0 aliphatic carbocycles. The van der Waals surface area contributed by atoms with Crippen LogP contribution in [0.25, 0.3) is 0 Å². The molecule has 0 atom stereocenters. The van der Waals surface area contributed by atoms with E-state index in [0.717, 1.165) is 0 Å². The Kier molecular flexibility index (Phi) is 5.56. The summed E-state index contributed by atoms with van der Waals surface area (Å²) in [6.45, 7) is 6.32. The first kappa shape index (κ1) is 16.5. The summed E-state index contributed by atoms with van der Waals surface area (Å²) in [4.78, 5) is 24.6. The number of nitrogens with zero attached hydrogens (tertiary/aromatic N) is 3. The minimum absolute atomic E-state index is 0.0953. The number of amides is 1. The van der Waals surface area contributed by atoms with Crippen LogP contribution in [0.4, 0.5) is 0 Å². The summed E-state index contributed by atoms with van der Waals surface area (Å²) in [5, 5.41) is 13.2. The van der Waals surface area contributed by atoms with Gasteiger partial charge in [-0.2, -0.15) is 5.10 Å². The molecule has 0 fully saturated rings. The monoisotopic (exact) mass is 301 g/mol. The van der Waals surface area contributed by atoms with Crippen LogP contribution in [0.1, 0.15) is 36.5 Å². The van der Waals surface area contributed by atoms with Gasteiger partial charge in [0.15, 0.2) is 5.69 Å². The fourth-order valence-electron chi connectivity index (χ4n) is 1.82. The van der Waals surface area contributed by atoms with Crippen LogP contribution in [0.3, 0.4) is 0 Å². The number of aryl methyl sites for hydroxylation is 1. The van der Waals surface area contributed by atoms with Gasteiger partial charge in [0, 0.05) is 20.1 Å². The maximum Gasteiger partial charge on any atom is 0.305 e. The Bertz CT molecular complexity index is 511. The Hall–Kier alpha value is -1.56. The molecular weight excluding hydrogens is 282 g/mol. The molecule has 0 saturated heterocycles. The van der Waals surface area contributed by atoms with E-state index in [4.69, 9.17) is 16.7 Å². The summed E-state index contributed by atoms with van der Waals surface area (Å²) < 4.78 is 1.54. The first-order valence-corrected chi connectivity index (χ1v) is 6.82. The molecule has 112 valence electrons.